The third-order valence-corrected chi connectivity index (χ3v) is 19.1. The molecule has 9 nitrogen and oxygen atoms in total. The summed E-state index contributed by atoms with van der Waals surface area (Å²) in [5.41, 5.74) is 0. The van der Waals surface area contributed by atoms with E-state index >= 15 is 0 Å². The van der Waals surface area contributed by atoms with E-state index in [1.165, 1.54) is 231 Å². The Morgan fingerprint density at radius 3 is 0.850 bits per heavy atom. The number of hydrogen-bond donors (Lipinski definition) is 0. The summed E-state index contributed by atoms with van der Waals surface area (Å²) < 4.78 is 34.4. The first-order valence-corrected chi connectivity index (χ1v) is 43.4. The fourth-order valence-corrected chi connectivity index (χ4v) is 12.6. The lowest BCUT2D eigenvalue weighted by Gasteiger charge is -2.28. The standard InChI is InChI=1S/C90H158NO8P/c1-6-8-10-12-14-16-18-20-22-24-26-28-30-32-34-36-38-40-42-44-45-47-48-50-52-54-56-58-60-62-64-66-68-70-72-74-76-78-80-82-89(92)96-86-88(87-98-100(94,95)97-85-84-91(3,4)5)99-90(93)83-81-79-77-75-73-71-69-67-65-63-61-59-57-55-53-51-49-46-43-41-39-37-35-33-31-29-27-25-23-21-19-17-15-13-11-9-7-2/h9,11,15,17,21,23,27,29,33,35,39,41,46,49,53,55,59,61,65,67,71,73,88H,6-8,10,12-14,16,18-20,22,24-26,28,30-32,34,36-38,40,42-45,47-48,50-52,54,56-58,60,62-64,66,68-70,72,74-87H2,1-5H3/b11-9-,17-15-,23-21-,29-27-,35-33-,41-39-,49-46-,55-53-,61-59-,67-65-,73-71-. The van der Waals surface area contributed by atoms with Gasteiger partial charge in [-0.1, -0.05) is 398 Å². The van der Waals surface area contributed by atoms with Crippen LogP contribution in [0.15, 0.2) is 134 Å². The van der Waals surface area contributed by atoms with E-state index in [1.807, 2.05) is 21.1 Å². The minimum atomic E-state index is -4.66. The van der Waals surface area contributed by atoms with Gasteiger partial charge in [-0.2, -0.15) is 0 Å². The SMILES string of the molecule is CC/C=C\C/C=C\C/C=C\C/C=C\C/C=C\C/C=C\C/C=C\C/C=C\C/C=C\C/C=C\C/C=C\CCCCCC(=O)OC(COC(=O)CCCCCCCCCCCCCCCCCCCCCCCCCCCCCCCCCCCCCCCCC)COP(=O)([O-])OCC[N+](C)(C)C. The van der Waals surface area contributed by atoms with Crippen LogP contribution in [0.1, 0.15) is 373 Å². The van der Waals surface area contributed by atoms with Crippen LogP contribution in [0.5, 0.6) is 0 Å². The number of ether oxygens (including phenoxy) is 2. The zero-order chi connectivity index (χ0) is 72.5. The van der Waals surface area contributed by atoms with Gasteiger partial charge in [0.15, 0.2) is 6.10 Å². The number of unbranched alkanes of at least 4 members (excludes halogenated alkanes) is 41. The van der Waals surface area contributed by atoms with E-state index in [0.717, 1.165) is 109 Å². The maximum absolute atomic E-state index is 12.9. The van der Waals surface area contributed by atoms with Gasteiger partial charge in [0.25, 0.3) is 7.82 Å². The van der Waals surface area contributed by atoms with Crippen molar-refractivity contribution in [2.45, 2.75) is 380 Å². The molecule has 0 N–H and O–H groups in total. The maximum atomic E-state index is 12.9. The minimum absolute atomic E-state index is 0.0428. The molecule has 0 amide bonds. The van der Waals surface area contributed by atoms with Crippen LogP contribution < -0.4 is 4.89 Å². The van der Waals surface area contributed by atoms with E-state index < -0.39 is 26.5 Å². The topological polar surface area (TPSA) is 111 Å². The number of hydrogen-bond acceptors (Lipinski definition) is 8. The van der Waals surface area contributed by atoms with Gasteiger partial charge in [0, 0.05) is 12.8 Å². The summed E-state index contributed by atoms with van der Waals surface area (Å²) in [5, 5.41) is 0. The molecule has 100 heavy (non-hydrogen) atoms. The number of allylic oxidation sites excluding steroid dienone is 22. The normalized spacial score (nSPS) is 13.7. The van der Waals surface area contributed by atoms with Crippen LogP contribution in [0.4, 0.5) is 0 Å². The van der Waals surface area contributed by atoms with E-state index in [9.17, 15) is 19.0 Å². The highest BCUT2D eigenvalue weighted by Gasteiger charge is 2.22. The van der Waals surface area contributed by atoms with Crippen LogP contribution in [0.2, 0.25) is 0 Å². The molecular weight excluding hydrogens is 1250 g/mol. The molecule has 0 rings (SSSR count). The van der Waals surface area contributed by atoms with Gasteiger partial charge in [-0.05, 0) is 96.3 Å². The van der Waals surface area contributed by atoms with Gasteiger partial charge in [0.2, 0.25) is 0 Å². The first-order valence-electron chi connectivity index (χ1n) is 41.9. The van der Waals surface area contributed by atoms with Crippen LogP contribution >= 0.6 is 7.82 Å². The molecule has 10 heteroatoms. The highest BCUT2D eigenvalue weighted by atomic mass is 31.2. The van der Waals surface area contributed by atoms with E-state index in [2.05, 4.69) is 148 Å². The van der Waals surface area contributed by atoms with Gasteiger partial charge in [0.05, 0.1) is 27.7 Å². The first kappa shape index (κ1) is 96.2. The van der Waals surface area contributed by atoms with Gasteiger partial charge in [-0.25, -0.2) is 0 Å². The van der Waals surface area contributed by atoms with E-state index in [1.54, 1.807) is 0 Å². The van der Waals surface area contributed by atoms with Crippen molar-refractivity contribution in [3.8, 4) is 0 Å². The minimum Gasteiger partial charge on any atom is -0.756 e. The molecular formula is C90H158NO8P. The Bertz CT molecular complexity index is 2160. The fourth-order valence-electron chi connectivity index (χ4n) is 11.8. The molecule has 0 bridgehead atoms. The Kier molecular flexibility index (Phi) is 76.2. The Morgan fingerprint density at radius 1 is 0.320 bits per heavy atom. The molecule has 2 unspecified atom stereocenters. The number of carbonyl (C=O) groups is 2. The Morgan fingerprint density at radius 2 is 0.570 bits per heavy atom. The average molecular weight is 1410 g/mol. The zero-order valence-electron chi connectivity index (χ0n) is 65.9. The van der Waals surface area contributed by atoms with Gasteiger partial charge >= 0.3 is 11.9 Å². The molecule has 0 saturated carbocycles. The summed E-state index contributed by atoms with van der Waals surface area (Å²) in [6.07, 6.45) is 116. The predicted octanol–water partition coefficient (Wildman–Crippen LogP) is 27.7. The number of rotatable bonds is 77. The molecule has 0 saturated heterocycles. The second-order valence-corrected chi connectivity index (χ2v) is 30.5. The van der Waals surface area contributed by atoms with Crippen LogP contribution in [-0.2, 0) is 32.7 Å². The number of carbonyl (C=O) groups excluding carboxylic acids is 2. The summed E-state index contributed by atoms with van der Waals surface area (Å²) in [4.78, 5) is 38.2. The van der Waals surface area contributed by atoms with Crippen molar-refractivity contribution in [2.75, 3.05) is 47.5 Å². The molecule has 0 aromatic heterocycles. The molecule has 0 fully saturated rings. The van der Waals surface area contributed by atoms with Crippen molar-refractivity contribution in [2.24, 2.45) is 0 Å². The van der Waals surface area contributed by atoms with Crippen LogP contribution in [-0.4, -0.2) is 70.0 Å². The van der Waals surface area contributed by atoms with Crippen LogP contribution in [0.25, 0.3) is 0 Å². The lowest BCUT2D eigenvalue weighted by atomic mass is 10.0. The van der Waals surface area contributed by atoms with Gasteiger partial charge in [0.1, 0.15) is 19.8 Å². The maximum Gasteiger partial charge on any atom is 0.306 e. The number of likely N-dealkylation sites (N-methyl/N-ethyl adjacent to an activating group) is 1. The number of quaternary nitrogens is 1. The van der Waals surface area contributed by atoms with Crippen LogP contribution in [0, 0.1) is 0 Å². The van der Waals surface area contributed by atoms with Crippen molar-refractivity contribution in [1.82, 2.24) is 0 Å². The molecule has 0 spiro atoms. The molecule has 0 aromatic carbocycles. The van der Waals surface area contributed by atoms with E-state index in [0.29, 0.717) is 17.4 Å². The predicted molar refractivity (Wildman–Crippen MR) is 434 cm³/mol. The first-order chi connectivity index (χ1) is 49.0. The van der Waals surface area contributed by atoms with Crippen molar-refractivity contribution >= 4 is 19.8 Å². The molecule has 0 radical (unpaired) electrons. The van der Waals surface area contributed by atoms with Gasteiger partial charge < -0.3 is 27.9 Å². The number of phosphoric acid groups is 1. The van der Waals surface area contributed by atoms with Crippen molar-refractivity contribution in [3.05, 3.63) is 134 Å². The highest BCUT2D eigenvalue weighted by Crippen LogP contribution is 2.38. The Balaban J connectivity index is 4.02. The zero-order valence-corrected chi connectivity index (χ0v) is 66.8. The fraction of sp³-hybridized carbons (Fsp3) is 0.733. The number of phosphoric ester groups is 1. The van der Waals surface area contributed by atoms with Gasteiger partial charge in [-0.3, -0.25) is 14.2 Å². The molecule has 0 aliphatic heterocycles. The largest absolute Gasteiger partial charge is 0.756 e. The highest BCUT2D eigenvalue weighted by molar-refractivity contribution is 7.45. The molecule has 0 aromatic rings. The second kappa shape index (κ2) is 79.3. The summed E-state index contributed by atoms with van der Waals surface area (Å²) in [6.45, 7) is 4.12. The Hall–Kier alpha value is -3.85. The summed E-state index contributed by atoms with van der Waals surface area (Å²) in [5.74, 6) is -0.866. The number of esters is 2. The van der Waals surface area contributed by atoms with E-state index in [4.69, 9.17) is 18.5 Å². The van der Waals surface area contributed by atoms with E-state index in [-0.39, 0.29) is 32.0 Å². The monoisotopic (exact) mass is 1410 g/mol. The second-order valence-electron chi connectivity index (χ2n) is 29.1. The molecule has 0 aliphatic carbocycles. The third kappa shape index (κ3) is 83.1. The quantitative estimate of drug-likeness (QED) is 0.0195. The van der Waals surface area contributed by atoms with Crippen molar-refractivity contribution in [1.29, 1.82) is 0 Å². The average Bonchev–Trinajstić information content (AvgIpc) is 1.02. The number of nitrogens with zero attached hydrogens (tertiary/aromatic N) is 1. The third-order valence-electron chi connectivity index (χ3n) is 18.2. The molecule has 576 valence electrons. The van der Waals surface area contributed by atoms with Crippen molar-refractivity contribution in [3.63, 3.8) is 0 Å². The summed E-state index contributed by atoms with van der Waals surface area (Å²) >= 11 is 0. The molecule has 0 aliphatic rings. The summed E-state index contributed by atoms with van der Waals surface area (Å²) in [7, 11) is 1.14. The summed E-state index contributed by atoms with van der Waals surface area (Å²) in [6, 6.07) is 0. The van der Waals surface area contributed by atoms with Crippen molar-refractivity contribution < 1.29 is 42.1 Å². The Labute approximate surface area is 619 Å². The van der Waals surface area contributed by atoms with Crippen LogP contribution in [0.3, 0.4) is 0 Å². The lowest BCUT2D eigenvalue weighted by molar-refractivity contribution is -0.870. The lowest BCUT2D eigenvalue weighted by Crippen LogP contribution is -2.37. The smallest absolute Gasteiger partial charge is 0.306 e. The van der Waals surface area contributed by atoms with Gasteiger partial charge in [-0.15, -0.1) is 0 Å². The molecule has 2 atom stereocenters. The molecule has 0 heterocycles.